The molecule has 0 atom stereocenters. The third-order valence-corrected chi connectivity index (χ3v) is 5.97. The first kappa shape index (κ1) is 18.9. The van der Waals surface area contributed by atoms with Crippen molar-refractivity contribution in [3.63, 3.8) is 0 Å². The first-order valence-corrected chi connectivity index (χ1v) is 9.93. The minimum Gasteiger partial charge on any atom is -0.370 e. The summed E-state index contributed by atoms with van der Waals surface area (Å²) in [6.45, 7) is 12.6. The van der Waals surface area contributed by atoms with Crippen molar-refractivity contribution in [2.75, 3.05) is 32.8 Å². The van der Waals surface area contributed by atoms with Gasteiger partial charge in [-0.1, -0.05) is 0 Å². The highest BCUT2D eigenvalue weighted by Crippen LogP contribution is 2.23. The average molecular weight is 389 g/mol. The van der Waals surface area contributed by atoms with E-state index in [4.69, 9.17) is 4.74 Å². The van der Waals surface area contributed by atoms with Crippen LogP contribution in [0.5, 0.6) is 0 Å². The second-order valence-electron chi connectivity index (χ2n) is 7.96. The summed E-state index contributed by atoms with van der Waals surface area (Å²) in [4.78, 5) is 32.3. The fourth-order valence-electron chi connectivity index (χ4n) is 4.27. The van der Waals surface area contributed by atoms with Crippen molar-refractivity contribution in [3.05, 3.63) is 32.2 Å². The topological polar surface area (TPSA) is 79.9 Å². The third-order valence-electron chi connectivity index (χ3n) is 5.97. The van der Waals surface area contributed by atoms with Crippen LogP contribution in [0.3, 0.4) is 0 Å². The Hall–Kier alpha value is -2.39. The van der Waals surface area contributed by atoms with E-state index >= 15 is 0 Å². The smallest absolute Gasteiger partial charge is 0.332 e. The molecule has 0 saturated carbocycles. The molecule has 3 aromatic heterocycles. The highest BCUT2D eigenvalue weighted by atomic mass is 16.5. The van der Waals surface area contributed by atoms with E-state index in [9.17, 15) is 9.59 Å². The minimum atomic E-state index is -0.309. The molecule has 0 amide bonds. The van der Waals surface area contributed by atoms with Crippen molar-refractivity contribution in [2.24, 2.45) is 7.05 Å². The lowest BCUT2D eigenvalue weighted by molar-refractivity contribution is -0.908. The summed E-state index contributed by atoms with van der Waals surface area (Å²) >= 11 is 0. The minimum absolute atomic E-state index is 0.206. The zero-order valence-corrected chi connectivity index (χ0v) is 17.3. The highest BCUT2D eigenvalue weighted by Gasteiger charge is 2.24. The van der Waals surface area contributed by atoms with Gasteiger partial charge in [-0.05, 0) is 27.7 Å². The second-order valence-corrected chi connectivity index (χ2v) is 7.96. The van der Waals surface area contributed by atoms with Crippen LogP contribution >= 0.6 is 0 Å². The molecule has 0 spiro atoms. The Morgan fingerprint density at radius 1 is 1.14 bits per heavy atom. The second kappa shape index (κ2) is 6.89. The quantitative estimate of drug-likeness (QED) is 0.638. The number of nitrogens with one attached hydrogen (secondary N) is 1. The molecule has 28 heavy (non-hydrogen) atoms. The molecule has 0 aliphatic carbocycles. The Bertz CT molecular complexity index is 1160. The predicted octanol–water partition coefficient (Wildman–Crippen LogP) is -0.738. The SMILES string of the molecule is Cc1c(C)n2c3c(=O)n(CC[NH+]4CCOCC4)c(=O)n(C)c3nc2n1C(C)C. The van der Waals surface area contributed by atoms with Gasteiger partial charge in [0, 0.05) is 24.5 Å². The molecule has 9 nitrogen and oxygen atoms in total. The molecule has 4 heterocycles. The van der Waals surface area contributed by atoms with Gasteiger partial charge in [0.05, 0.1) is 26.3 Å². The van der Waals surface area contributed by atoms with Crippen molar-refractivity contribution < 1.29 is 9.64 Å². The first-order chi connectivity index (χ1) is 13.3. The Morgan fingerprint density at radius 2 is 1.82 bits per heavy atom. The van der Waals surface area contributed by atoms with Gasteiger partial charge in [0.15, 0.2) is 11.2 Å². The van der Waals surface area contributed by atoms with Gasteiger partial charge in [0.1, 0.15) is 13.1 Å². The zero-order valence-electron chi connectivity index (χ0n) is 17.3. The van der Waals surface area contributed by atoms with E-state index < -0.39 is 0 Å². The fraction of sp³-hybridized carbons (Fsp3) is 0.632. The number of ether oxygens (including phenoxy) is 1. The highest BCUT2D eigenvalue weighted by molar-refractivity contribution is 5.76. The Balaban J connectivity index is 1.90. The van der Waals surface area contributed by atoms with Gasteiger partial charge in [-0.15, -0.1) is 0 Å². The number of rotatable bonds is 4. The molecular formula is C19H29N6O3+. The van der Waals surface area contributed by atoms with E-state index in [1.807, 2.05) is 18.2 Å². The molecule has 1 aliphatic heterocycles. The van der Waals surface area contributed by atoms with E-state index in [-0.39, 0.29) is 17.3 Å². The fourth-order valence-corrected chi connectivity index (χ4v) is 4.27. The van der Waals surface area contributed by atoms with Gasteiger partial charge in [-0.3, -0.25) is 18.3 Å². The molecule has 1 saturated heterocycles. The Morgan fingerprint density at radius 3 is 2.46 bits per heavy atom. The van der Waals surface area contributed by atoms with Crippen LogP contribution in [0.1, 0.15) is 31.3 Å². The molecule has 0 aromatic carbocycles. The molecule has 0 unspecified atom stereocenters. The Kier molecular flexibility index (Phi) is 4.67. The number of fused-ring (bicyclic) bond motifs is 3. The Labute approximate surface area is 162 Å². The summed E-state index contributed by atoms with van der Waals surface area (Å²) in [6, 6.07) is 0.206. The van der Waals surface area contributed by atoms with Gasteiger partial charge >= 0.3 is 5.69 Å². The zero-order chi connectivity index (χ0) is 20.2. The normalized spacial score (nSPS) is 16.1. The molecular weight excluding hydrogens is 360 g/mol. The van der Waals surface area contributed by atoms with Gasteiger partial charge in [-0.25, -0.2) is 4.79 Å². The molecule has 1 fully saturated rings. The van der Waals surface area contributed by atoms with Crippen molar-refractivity contribution in [1.29, 1.82) is 0 Å². The molecule has 152 valence electrons. The van der Waals surface area contributed by atoms with Crippen LogP contribution < -0.4 is 16.1 Å². The maximum absolute atomic E-state index is 13.3. The summed E-state index contributed by atoms with van der Waals surface area (Å²) in [5, 5.41) is 0. The van der Waals surface area contributed by atoms with Crippen molar-refractivity contribution in [1.82, 2.24) is 23.1 Å². The van der Waals surface area contributed by atoms with E-state index in [1.54, 1.807) is 7.05 Å². The summed E-state index contributed by atoms with van der Waals surface area (Å²) in [7, 11) is 1.69. The molecule has 1 aliphatic rings. The molecule has 4 rings (SSSR count). The third kappa shape index (κ3) is 2.72. The summed E-state index contributed by atoms with van der Waals surface area (Å²) in [5.41, 5.74) is 2.41. The summed E-state index contributed by atoms with van der Waals surface area (Å²) in [6.07, 6.45) is 0. The summed E-state index contributed by atoms with van der Waals surface area (Å²) < 4.78 is 12.3. The average Bonchev–Trinajstić information content (AvgIpc) is 3.16. The lowest BCUT2D eigenvalue weighted by atomic mass is 10.3. The van der Waals surface area contributed by atoms with Gasteiger partial charge in [-0.2, -0.15) is 4.98 Å². The number of imidazole rings is 2. The van der Waals surface area contributed by atoms with Crippen molar-refractivity contribution in [3.8, 4) is 0 Å². The molecule has 0 radical (unpaired) electrons. The summed E-state index contributed by atoms with van der Waals surface area (Å²) in [5.74, 6) is 0.712. The van der Waals surface area contributed by atoms with Gasteiger partial charge in [0.25, 0.3) is 5.56 Å². The lowest BCUT2D eigenvalue weighted by Crippen LogP contribution is -3.14. The van der Waals surface area contributed by atoms with Gasteiger partial charge in [0.2, 0.25) is 5.78 Å². The number of aromatic nitrogens is 5. The van der Waals surface area contributed by atoms with E-state index in [1.165, 1.54) is 14.0 Å². The molecule has 1 N–H and O–H groups in total. The number of quaternary nitrogens is 1. The monoisotopic (exact) mass is 389 g/mol. The number of nitrogens with zero attached hydrogens (tertiary/aromatic N) is 5. The molecule has 3 aromatic rings. The van der Waals surface area contributed by atoms with Crippen molar-refractivity contribution in [2.45, 2.75) is 40.3 Å². The first-order valence-electron chi connectivity index (χ1n) is 9.93. The van der Waals surface area contributed by atoms with Crippen LogP contribution in [-0.4, -0.2) is 55.9 Å². The van der Waals surface area contributed by atoms with Crippen LogP contribution in [-0.2, 0) is 18.3 Å². The van der Waals surface area contributed by atoms with E-state index in [0.717, 1.165) is 44.2 Å². The van der Waals surface area contributed by atoms with Crippen LogP contribution in [0.25, 0.3) is 16.9 Å². The predicted molar refractivity (Wildman–Crippen MR) is 106 cm³/mol. The van der Waals surface area contributed by atoms with Crippen LogP contribution in [0, 0.1) is 13.8 Å². The standard InChI is InChI=1S/C19H28N6O3/c1-12(2)24-13(3)14(4)25-15-16(20-18(24)25)21(5)19(27)23(17(15)26)7-6-22-8-10-28-11-9-22/h12H,6-11H2,1-5H3/p+1. The van der Waals surface area contributed by atoms with Crippen molar-refractivity contribution >= 4 is 16.9 Å². The largest absolute Gasteiger partial charge is 0.370 e. The van der Waals surface area contributed by atoms with Gasteiger partial charge < -0.3 is 14.2 Å². The number of hydrogen-bond acceptors (Lipinski definition) is 4. The number of morpholine rings is 1. The van der Waals surface area contributed by atoms with Crippen LogP contribution in [0.15, 0.2) is 9.59 Å². The van der Waals surface area contributed by atoms with Crippen LogP contribution in [0.2, 0.25) is 0 Å². The van der Waals surface area contributed by atoms with E-state index in [0.29, 0.717) is 23.5 Å². The molecule has 9 heteroatoms. The maximum Gasteiger partial charge on any atom is 0.332 e. The maximum atomic E-state index is 13.3. The number of aryl methyl sites for hydroxylation is 2. The molecule has 0 bridgehead atoms. The van der Waals surface area contributed by atoms with Crippen LogP contribution in [0.4, 0.5) is 0 Å². The number of hydrogen-bond donors (Lipinski definition) is 1. The lowest BCUT2D eigenvalue weighted by Gasteiger charge is -2.23. The van der Waals surface area contributed by atoms with E-state index in [2.05, 4.69) is 23.4 Å².